The van der Waals surface area contributed by atoms with Crippen LogP contribution in [0.3, 0.4) is 0 Å². The van der Waals surface area contributed by atoms with Crippen LogP contribution < -0.4 is 0 Å². The van der Waals surface area contributed by atoms with Crippen molar-refractivity contribution in [3.8, 4) is 0 Å². The molecule has 1 aliphatic rings. The van der Waals surface area contributed by atoms with Crippen molar-refractivity contribution in [2.45, 2.75) is 25.4 Å². The summed E-state index contributed by atoms with van der Waals surface area (Å²) in [5.74, 6) is 0. The van der Waals surface area contributed by atoms with E-state index < -0.39 is 7.37 Å². The molecule has 0 radical (unpaired) electrons. The molecule has 0 saturated carbocycles. The van der Waals surface area contributed by atoms with Crippen LogP contribution in [0.1, 0.15) is 19.3 Å². The highest BCUT2D eigenvalue weighted by Gasteiger charge is 2.17. The summed E-state index contributed by atoms with van der Waals surface area (Å²) < 4.78 is 16.6. The lowest BCUT2D eigenvalue weighted by Crippen LogP contribution is -2.11. The van der Waals surface area contributed by atoms with Gasteiger partial charge >= 0.3 is 0 Å². The summed E-state index contributed by atoms with van der Waals surface area (Å²) in [7, 11) is -2.27. The van der Waals surface area contributed by atoms with E-state index >= 15 is 0 Å². The third-order valence-electron chi connectivity index (χ3n) is 1.62. The standard InChI is InChI=1S/C8H15O2P/c1-11(2,9)10-8-6-4-3-5-7-8/h3-4,8H,5-7H2,1-2H3. The predicted octanol–water partition coefficient (Wildman–Crippen LogP) is 2.65. The fourth-order valence-electron chi connectivity index (χ4n) is 1.22. The van der Waals surface area contributed by atoms with Crippen molar-refractivity contribution in [1.29, 1.82) is 0 Å². The molecule has 0 aliphatic heterocycles. The van der Waals surface area contributed by atoms with E-state index in [2.05, 4.69) is 12.2 Å². The van der Waals surface area contributed by atoms with Gasteiger partial charge in [-0.1, -0.05) is 12.2 Å². The molecule has 0 saturated heterocycles. The average molecular weight is 174 g/mol. The van der Waals surface area contributed by atoms with Gasteiger partial charge in [-0.25, -0.2) is 0 Å². The summed E-state index contributed by atoms with van der Waals surface area (Å²) >= 11 is 0. The predicted molar refractivity (Wildman–Crippen MR) is 47.3 cm³/mol. The molecule has 0 aromatic heterocycles. The number of rotatable bonds is 2. The highest BCUT2D eigenvalue weighted by molar-refractivity contribution is 7.57. The minimum atomic E-state index is -2.27. The van der Waals surface area contributed by atoms with Crippen molar-refractivity contribution < 1.29 is 9.09 Å². The zero-order valence-electron chi connectivity index (χ0n) is 7.12. The number of hydrogen-bond acceptors (Lipinski definition) is 2. The highest BCUT2D eigenvalue weighted by atomic mass is 31.2. The Hall–Kier alpha value is -0.0700. The maximum absolute atomic E-state index is 11.2. The maximum atomic E-state index is 11.2. The third kappa shape index (κ3) is 3.74. The first kappa shape index (κ1) is 9.02. The van der Waals surface area contributed by atoms with Crippen LogP contribution in [-0.4, -0.2) is 19.4 Å². The lowest BCUT2D eigenvalue weighted by Gasteiger charge is -2.20. The van der Waals surface area contributed by atoms with Crippen molar-refractivity contribution in [3.63, 3.8) is 0 Å². The molecule has 1 unspecified atom stereocenters. The zero-order chi connectivity index (χ0) is 8.32. The molecule has 0 heterocycles. The monoisotopic (exact) mass is 174 g/mol. The zero-order valence-corrected chi connectivity index (χ0v) is 8.01. The molecule has 0 amide bonds. The molecule has 0 fully saturated rings. The van der Waals surface area contributed by atoms with E-state index in [9.17, 15) is 4.57 Å². The topological polar surface area (TPSA) is 26.3 Å². The second-order valence-electron chi connectivity index (χ2n) is 3.26. The molecule has 2 nitrogen and oxygen atoms in total. The van der Waals surface area contributed by atoms with Crippen LogP contribution in [0.2, 0.25) is 0 Å². The SMILES string of the molecule is CP(C)(=O)OC1CC=CCC1. The molecular formula is C8H15O2P. The molecule has 0 N–H and O–H groups in total. The molecule has 3 heteroatoms. The van der Waals surface area contributed by atoms with E-state index in [0.29, 0.717) is 0 Å². The largest absolute Gasteiger partial charge is 0.325 e. The second kappa shape index (κ2) is 3.55. The van der Waals surface area contributed by atoms with E-state index in [-0.39, 0.29) is 6.10 Å². The lowest BCUT2D eigenvalue weighted by molar-refractivity contribution is 0.197. The number of allylic oxidation sites excluding steroid dienone is 1. The molecule has 1 aliphatic carbocycles. The lowest BCUT2D eigenvalue weighted by atomic mass is 10.1. The second-order valence-corrected chi connectivity index (χ2v) is 5.98. The van der Waals surface area contributed by atoms with Gasteiger partial charge in [0.25, 0.3) is 0 Å². The summed E-state index contributed by atoms with van der Waals surface area (Å²) in [6.07, 6.45) is 7.44. The van der Waals surface area contributed by atoms with Gasteiger partial charge in [0.2, 0.25) is 0 Å². The number of hydrogen-bond donors (Lipinski definition) is 0. The van der Waals surface area contributed by atoms with Gasteiger partial charge in [0.15, 0.2) is 7.37 Å². The minimum Gasteiger partial charge on any atom is -0.325 e. The minimum absolute atomic E-state index is 0.195. The molecule has 1 rings (SSSR count). The summed E-state index contributed by atoms with van der Waals surface area (Å²) in [6.45, 7) is 3.34. The van der Waals surface area contributed by atoms with Crippen LogP contribution in [0.15, 0.2) is 12.2 Å². The van der Waals surface area contributed by atoms with Crippen LogP contribution in [0.4, 0.5) is 0 Å². The molecule has 64 valence electrons. The van der Waals surface area contributed by atoms with E-state index in [1.54, 1.807) is 13.3 Å². The normalized spacial score (nSPS) is 25.5. The Morgan fingerprint density at radius 1 is 1.45 bits per heavy atom. The van der Waals surface area contributed by atoms with Crippen molar-refractivity contribution in [2.75, 3.05) is 13.3 Å². The third-order valence-corrected chi connectivity index (χ3v) is 2.43. The molecule has 0 spiro atoms. The van der Waals surface area contributed by atoms with Gasteiger partial charge in [0.05, 0.1) is 6.10 Å². The van der Waals surface area contributed by atoms with Gasteiger partial charge in [0.1, 0.15) is 0 Å². The Bertz CT molecular complexity index is 192. The molecule has 1 atom stereocenters. The first-order valence-corrected chi connectivity index (χ1v) is 6.48. The maximum Gasteiger partial charge on any atom is 0.197 e. The summed E-state index contributed by atoms with van der Waals surface area (Å²) in [5, 5.41) is 0. The molecular weight excluding hydrogens is 159 g/mol. The first-order valence-electron chi connectivity index (χ1n) is 3.96. The van der Waals surface area contributed by atoms with Crippen LogP contribution >= 0.6 is 7.37 Å². The summed E-state index contributed by atoms with van der Waals surface area (Å²) in [6, 6.07) is 0. The Morgan fingerprint density at radius 2 is 2.18 bits per heavy atom. The van der Waals surface area contributed by atoms with Gasteiger partial charge in [-0.15, -0.1) is 0 Å². The van der Waals surface area contributed by atoms with Crippen molar-refractivity contribution in [2.24, 2.45) is 0 Å². The van der Waals surface area contributed by atoms with Crippen LogP contribution in [0.5, 0.6) is 0 Å². The van der Waals surface area contributed by atoms with Gasteiger partial charge < -0.3 is 4.52 Å². The Labute approximate surface area is 68.1 Å². The quantitative estimate of drug-likeness (QED) is 0.475. The van der Waals surface area contributed by atoms with Gasteiger partial charge in [0, 0.05) is 13.3 Å². The fourth-order valence-corrected chi connectivity index (χ4v) is 2.13. The summed E-state index contributed by atoms with van der Waals surface area (Å²) in [5.41, 5.74) is 0. The Kier molecular flexibility index (Phi) is 2.91. The fraction of sp³-hybridized carbons (Fsp3) is 0.750. The summed E-state index contributed by atoms with van der Waals surface area (Å²) in [4.78, 5) is 0. The van der Waals surface area contributed by atoms with E-state index in [1.807, 2.05) is 0 Å². The van der Waals surface area contributed by atoms with Gasteiger partial charge in [-0.2, -0.15) is 0 Å². The van der Waals surface area contributed by atoms with Crippen LogP contribution in [0, 0.1) is 0 Å². The van der Waals surface area contributed by atoms with Crippen LogP contribution in [0.25, 0.3) is 0 Å². The highest BCUT2D eigenvalue weighted by Crippen LogP contribution is 2.41. The van der Waals surface area contributed by atoms with E-state index in [1.165, 1.54) is 0 Å². The van der Waals surface area contributed by atoms with E-state index in [4.69, 9.17) is 4.52 Å². The van der Waals surface area contributed by atoms with Crippen molar-refractivity contribution >= 4 is 7.37 Å². The first-order chi connectivity index (χ1) is 5.08. The van der Waals surface area contributed by atoms with Gasteiger partial charge in [-0.3, -0.25) is 4.57 Å². The Balaban J connectivity index is 2.38. The molecule has 0 bridgehead atoms. The van der Waals surface area contributed by atoms with Gasteiger partial charge in [-0.05, 0) is 19.3 Å². The molecule has 0 aromatic carbocycles. The smallest absolute Gasteiger partial charge is 0.197 e. The Morgan fingerprint density at radius 3 is 2.64 bits per heavy atom. The van der Waals surface area contributed by atoms with Crippen molar-refractivity contribution in [1.82, 2.24) is 0 Å². The average Bonchev–Trinajstić information content (AvgIpc) is 1.85. The van der Waals surface area contributed by atoms with Crippen molar-refractivity contribution in [3.05, 3.63) is 12.2 Å². The molecule has 0 aromatic rings. The molecule has 11 heavy (non-hydrogen) atoms. The van der Waals surface area contributed by atoms with E-state index in [0.717, 1.165) is 19.3 Å². The van der Waals surface area contributed by atoms with Crippen LogP contribution in [-0.2, 0) is 9.09 Å².